The number of esters is 1. The highest BCUT2D eigenvalue weighted by molar-refractivity contribution is 6.16. The fourth-order valence-corrected chi connectivity index (χ4v) is 1.59. The molecule has 6 heteroatoms. The van der Waals surface area contributed by atoms with Crippen molar-refractivity contribution in [2.45, 2.75) is 13.5 Å². The minimum Gasteiger partial charge on any atom is -0.503 e. The van der Waals surface area contributed by atoms with Gasteiger partial charge in [-0.15, -0.1) is 0 Å². The van der Waals surface area contributed by atoms with Gasteiger partial charge in [-0.2, -0.15) is 0 Å². The van der Waals surface area contributed by atoms with E-state index in [1.807, 2.05) is 18.2 Å². The lowest BCUT2D eigenvalue weighted by atomic mass is 10.0. The molecule has 0 saturated carbocycles. The average Bonchev–Trinajstić information content (AvgIpc) is 2.52. The van der Waals surface area contributed by atoms with Gasteiger partial charge in [-0.05, 0) is 5.56 Å². The number of oxime groups is 1. The molecular formula is C15H19NO5. The maximum atomic E-state index is 11.8. The monoisotopic (exact) mass is 293 g/mol. The molecule has 0 N–H and O–H groups in total. The molecular weight excluding hydrogens is 274 g/mol. The van der Waals surface area contributed by atoms with Crippen molar-refractivity contribution >= 4 is 17.4 Å². The standard InChI is InChI=1S/C15H19NO5/c1-11(19-3)16-21-9-12-7-5-6-8-13(12)14(10-18-2)15(17)20-4/h5-8,10H,9H2,1-4H3/b14-10+,16-11+. The third-order valence-corrected chi connectivity index (χ3v) is 2.66. The van der Waals surface area contributed by atoms with Crippen molar-refractivity contribution in [2.75, 3.05) is 21.3 Å². The fourth-order valence-electron chi connectivity index (χ4n) is 1.59. The molecule has 1 rings (SSSR count). The molecule has 6 nitrogen and oxygen atoms in total. The lowest BCUT2D eigenvalue weighted by Crippen LogP contribution is -2.07. The van der Waals surface area contributed by atoms with Crippen molar-refractivity contribution in [3.8, 4) is 0 Å². The van der Waals surface area contributed by atoms with Gasteiger partial charge in [0.15, 0.2) is 0 Å². The molecule has 0 aliphatic rings. The van der Waals surface area contributed by atoms with Crippen LogP contribution in [0.4, 0.5) is 0 Å². The van der Waals surface area contributed by atoms with Gasteiger partial charge in [-0.1, -0.05) is 29.4 Å². The largest absolute Gasteiger partial charge is 0.503 e. The Labute approximate surface area is 123 Å². The topological polar surface area (TPSA) is 66.4 Å². The first-order chi connectivity index (χ1) is 10.1. The van der Waals surface area contributed by atoms with E-state index >= 15 is 0 Å². The number of methoxy groups -OCH3 is 3. The number of hydrogen-bond donors (Lipinski definition) is 0. The first-order valence-corrected chi connectivity index (χ1v) is 6.24. The highest BCUT2D eigenvalue weighted by atomic mass is 16.6. The summed E-state index contributed by atoms with van der Waals surface area (Å²) in [6.45, 7) is 1.87. The number of ether oxygens (including phenoxy) is 3. The molecule has 0 fully saturated rings. The van der Waals surface area contributed by atoms with E-state index in [0.29, 0.717) is 17.0 Å². The zero-order valence-electron chi connectivity index (χ0n) is 12.6. The molecule has 1 aromatic carbocycles. The summed E-state index contributed by atoms with van der Waals surface area (Å²) in [5.74, 6) is -0.0750. The summed E-state index contributed by atoms with van der Waals surface area (Å²) in [7, 11) is 4.29. The molecule has 0 radical (unpaired) electrons. The van der Waals surface area contributed by atoms with Gasteiger partial charge in [0, 0.05) is 12.5 Å². The normalized spacial score (nSPS) is 11.8. The molecule has 0 saturated heterocycles. The highest BCUT2D eigenvalue weighted by Gasteiger charge is 2.16. The minimum absolute atomic E-state index is 0.189. The summed E-state index contributed by atoms with van der Waals surface area (Å²) in [5.41, 5.74) is 1.75. The van der Waals surface area contributed by atoms with Gasteiger partial charge in [0.2, 0.25) is 5.90 Å². The number of carbonyl (C=O) groups is 1. The van der Waals surface area contributed by atoms with Crippen LogP contribution in [0, 0.1) is 0 Å². The number of hydrogen-bond acceptors (Lipinski definition) is 6. The van der Waals surface area contributed by atoms with Crippen molar-refractivity contribution < 1.29 is 23.8 Å². The Kier molecular flexibility index (Phi) is 6.80. The van der Waals surface area contributed by atoms with Crippen LogP contribution in [-0.4, -0.2) is 33.2 Å². The van der Waals surface area contributed by atoms with Gasteiger partial charge in [-0.25, -0.2) is 4.79 Å². The molecule has 1 aromatic rings. The van der Waals surface area contributed by atoms with Crippen LogP contribution in [-0.2, 0) is 30.4 Å². The van der Waals surface area contributed by atoms with E-state index in [2.05, 4.69) is 5.16 Å². The smallest absolute Gasteiger partial charge is 0.341 e. The molecule has 114 valence electrons. The van der Waals surface area contributed by atoms with Crippen molar-refractivity contribution in [2.24, 2.45) is 5.16 Å². The quantitative estimate of drug-likeness (QED) is 0.201. The van der Waals surface area contributed by atoms with Gasteiger partial charge in [0.25, 0.3) is 0 Å². The first-order valence-electron chi connectivity index (χ1n) is 6.24. The SMILES string of the molecule is CO/C=C(/C(=O)OC)c1ccccc1CO/N=C(\C)OC. The Hall–Kier alpha value is -2.50. The molecule has 0 bridgehead atoms. The van der Waals surface area contributed by atoms with Crippen LogP contribution >= 0.6 is 0 Å². The van der Waals surface area contributed by atoms with Crippen molar-refractivity contribution in [1.29, 1.82) is 0 Å². The predicted molar refractivity (Wildman–Crippen MR) is 78.4 cm³/mol. The van der Waals surface area contributed by atoms with Crippen molar-refractivity contribution in [3.05, 3.63) is 41.7 Å². The zero-order valence-corrected chi connectivity index (χ0v) is 12.6. The molecule has 0 atom stereocenters. The number of carbonyl (C=O) groups excluding carboxylic acids is 1. The van der Waals surface area contributed by atoms with Crippen LogP contribution < -0.4 is 0 Å². The third kappa shape index (κ3) is 4.83. The van der Waals surface area contributed by atoms with E-state index in [4.69, 9.17) is 19.0 Å². The van der Waals surface area contributed by atoms with E-state index in [0.717, 1.165) is 5.56 Å². The number of rotatable bonds is 6. The summed E-state index contributed by atoms with van der Waals surface area (Å²) in [6.07, 6.45) is 1.34. The van der Waals surface area contributed by atoms with Gasteiger partial charge in [0.05, 0.1) is 27.6 Å². The molecule has 21 heavy (non-hydrogen) atoms. The molecule has 0 spiro atoms. The second kappa shape index (κ2) is 8.63. The van der Waals surface area contributed by atoms with Crippen molar-refractivity contribution in [1.82, 2.24) is 0 Å². The summed E-state index contributed by atoms with van der Waals surface area (Å²) in [5, 5.41) is 3.78. The Morgan fingerprint density at radius 3 is 2.52 bits per heavy atom. The van der Waals surface area contributed by atoms with E-state index in [-0.39, 0.29) is 6.61 Å². The molecule has 0 aliphatic carbocycles. The van der Waals surface area contributed by atoms with Crippen LogP contribution in [0.2, 0.25) is 0 Å². The van der Waals surface area contributed by atoms with Gasteiger partial charge in [0.1, 0.15) is 12.2 Å². The second-order valence-electron chi connectivity index (χ2n) is 4.00. The molecule has 0 amide bonds. The van der Waals surface area contributed by atoms with Gasteiger partial charge < -0.3 is 19.0 Å². The van der Waals surface area contributed by atoms with Crippen LogP contribution in [0.3, 0.4) is 0 Å². The minimum atomic E-state index is -0.485. The predicted octanol–water partition coefficient (Wildman–Crippen LogP) is 2.34. The maximum Gasteiger partial charge on any atom is 0.341 e. The van der Waals surface area contributed by atoms with Crippen LogP contribution in [0.5, 0.6) is 0 Å². The lowest BCUT2D eigenvalue weighted by Gasteiger charge is -2.10. The summed E-state index contributed by atoms with van der Waals surface area (Å²) >= 11 is 0. The molecule has 0 heterocycles. The highest BCUT2D eigenvalue weighted by Crippen LogP contribution is 2.21. The lowest BCUT2D eigenvalue weighted by molar-refractivity contribution is -0.133. The van der Waals surface area contributed by atoms with E-state index in [1.54, 1.807) is 13.0 Å². The van der Waals surface area contributed by atoms with E-state index in [9.17, 15) is 4.79 Å². The Balaban J connectivity index is 3.02. The first kappa shape index (κ1) is 16.6. The Bertz CT molecular complexity index is 537. The van der Waals surface area contributed by atoms with Gasteiger partial charge >= 0.3 is 5.97 Å². The van der Waals surface area contributed by atoms with Crippen LogP contribution in [0.15, 0.2) is 35.7 Å². The molecule has 0 aromatic heterocycles. The average molecular weight is 293 g/mol. The zero-order chi connectivity index (χ0) is 15.7. The van der Waals surface area contributed by atoms with Crippen LogP contribution in [0.25, 0.3) is 5.57 Å². The summed E-state index contributed by atoms with van der Waals surface area (Å²) in [4.78, 5) is 17.0. The second-order valence-corrected chi connectivity index (χ2v) is 4.00. The van der Waals surface area contributed by atoms with E-state index in [1.165, 1.54) is 27.6 Å². The van der Waals surface area contributed by atoms with Crippen LogP contribution in [0.1, 0.15) is 18.1 Å². The summed E-state index contributed by atoms with van der Waals surface area (Å²) in [6, 6.07) is 7.28. The maximum absolute atomic E-state index is 11.8. The third-order valence-electron chi connectivity index (χ3n) is 2.66. The fraction of sp³-hybridized carbons (Fsp3) is 0.333. The van der Waals surface area contributed by atoms with Gasteiger partial charge in [-0.3, -0.25) is 0 Å². The summed E-state index contributed by atoms with van der Waals surface area (Å²) < 4.78 is 14.6. The molecule has 0 unspecified atom stereocenters. The van der Waals surface area contributed by atoms with E-state index < -0.39 is 5.97 Å². The Morgan fingerprint density at radius 1 is 1.19 bits per heavy atom. The molecule has 0 aliphatic heterocycles. The Morgan fingerprint density at radius 2 is 1.90 bits per heavy atom. The number of nitrogens with zero attached hydrogens (tertiary/aromatic N) is 1. The van der Waals surface area contributed by atoms with Crippen molar-refractivity contribution in [3.63, 3.8) is 0 Å². The number of benzene rings is 1.